The molecule has 5 nitrogen and oxygen atoms in total. The number of likely N-dealkylation sites (tertiary alicyclic amines) is 1. The van der Waals surface area contributed by atoms with E-state index < -0.39 is 5.60 Å². The van der Waals surface area contributed by atoms with Gasteiger partial charge in [-0.25, -0.2) is 4.79 Å². The average Bonchev–Trinajstić information content (AvgIpc) is 2.41. The first-order valence-corrected chi connectivity index (χ1v) is 7.98. The molecular weight excluding hydrogens is 327 g/mol. The highest BCUT2D eigenvalue weighted by Gasteiger charge is 2.28. The topological polar surface area (TPSA) is 51.5 Å². The van der Waals surface area contributed by atoms with Gasteiger partial charge in [-0.05, 0) is 39.7 Å². The van der Waals surface area contributed by atoms with Crippen molar-refractivity contribution in [1.82, 2.24) is 9.47 Å². The Kier molecular flexibility index (Phi) is 5.07. The van der Waals surface area contributed by atoms with Gasteiger partial charge in [0.05, 0.1) is 5.02 Å². The molecule has 2 rings (SSSR count). The van der Waals surface area contributed by atoms with Crippen molar-refractivity contribution in [3.8, 4) is 0 Å². The second-order valence-corrected chi connectivity index (χ2v) is 7.26. The summed E-state index contributed by atoms with van der Waals surface area (Å²) in [7, 11) is 0. The molecule has 0 aromatic carbocycles. The molecule has 0 unspecified atom stereocenters. The van der Waals surface area contributed by atoms with Gasteiger partial charge in [0.1, 0.15) is 10.6 Å². The lowest BCUT2D eigenvalue weighted by atomic mass is 10.0. The predicted molar refractivity (Wildman–Crippen MR) is 86.8 cm³/mol. The number of hydrogen-bond acceptors (Lipinski definition) is 3. The van der Waals surface area contributed by atoms with Crippen molar-refractivity contribution in [3.63, 3.8) is 0 Å². The molecule has 1 amide bonds. The first kappa shape index (κ1) is 17.2. The van der Waals surface area contributed by atoms with Crippen molar-refractivity contribution in [3.05, 3.63) is 32.7 Å². The fraction of sp³-hybridized carbons (Fsp3) is 0.600. The third-order valence-corrected chi connectivity index (χ3v) is 3.95. The van der Waals surface area contributed by atoms with Crippen LogP contribution in [0.25, 0.3) is 0 Å². The van der Waals surface area contributed by atoms with Gasteiger partial charge in [0.2, 0.25) is 0 Å². The van der Waals surface area contributed by atoms with Crippen LogP contribution in [0.2, 0.25) is 10.0 Å². The molecule has 0 saturated carbocycles. The molecule has 1 aromatic heterocycles. The van der Waals surface area contributed by atoms with Gasteiger partial charge in [0.25, 0.3) is 5.56 Å². The molecule has 2 heterocycles. The second-order valence-electron chi connectivity index (χ2n) is 6.42. The molecule has 0 spiro atoms. The highest BCUT2D eigenvalue weighted by molar-refractivity contribution is 6.34. The molecule has 1 aromatic rings. The van der Waals surface area contributed by atoms with E-state index in [9.17, 15) is 9.59 Å². The van der Waals surface area contributed by atoms with Crippen molar-refractivity contribution < 1.29 is 9.53 Å². The number of piperidine rings is 1. The van der Waals surface area contributed by atoms with Crippen molar-refractivity contribution in [1.29, 1.82) is 0 Å². The van der Waals surface area contributed by atoms with Crippen LogP contribution in [-0.4, -0.2) is 34.3 Å². The monoisotopic (exact) mass is 346 g/mol. The fourth-order valence-corrected chi connectivity index (χ4v) is 2.94. The maximum atomic E-state index is 12.1. The normalized spacial score (nSPS) is 16.7. The average molecular weight is 347 g/mol. The van der Waals surface area contributed by atoms with Crippen LogP contribution in [0.3, 0.4) is 0 Å². The number of aromatic nitrogens is 1. The number of halogens is 2. The zero-order valence-corrected chi connectivity index (χ0v) is 14.4. The Bertz CT molecular complexity index is 614. The number of carbonyl (C=O) groups is 1. The van der Waals surface area contributed by atoms with E-state index in [1.165, 1.54) is 6.07 Å². The number of rotatable bonds is 1. The Morgan fingerprint density at radius 1 is 1.27 bits per heavy atom. The predicted octanol–water partition coefficient (Wildman–Crippen LogP) is 3.73. The summed E-state index contributed by atoms with van der Waals surface area (Å²) in [5.74, 6) is 0. The number of hydrogen-bond donors (Lipinski definition) is 0. The molecule has 1 saturated heterocycles. The van der Waals surface area contributed by atoms with E-state index in [1.807, 2.05) is 20.8 Å². The van der Waals surface area contributed by atoms with E-state index in [-0.39, 0.29) is 22.7 Å². The standard InChI is InChI=1S/C15H20Cl2N2O3/c1-15(2,3)22-14(21)18-6-4-11(5-7-18)19-9-10(16)8-12(17)13(19)20/h8-9,11H,4-7H2,1-3H3. The molecule has 0 radical (unpaired) electrons. The van der Waals surface area contributed by atoms with Gasteiger partial charge >= 0.3 is 6.09 Å². The lowest BCUT2D eigenvalue weighted by molar-refractivity contribution is 0.0187. The summed E-state index contributed by atoms with van der Waals surface area (Å²) in [6, 6.07) is 1.43. The molecule has 122 valence electrons. The van der Waals surface area contributed by atoms with Gasteiger partial charge in [-0.3, -0.25) is 4.79 Å². The first-order valence-electron chi connectivity index (χ1n) is 7.22. The van der Waals surface area contributed by atoms with Gasteiger partial charge in [-0.2, -0.15) is 0 Å². The van der Waals surface area contributed by atoms with Crippen LogP contribution >= 0.6 is 23.2 Å². The maximum absolute atomic E-state index is 12.1. The zero-order chi connectivity index (χ0) is 16.5. The molecule has 0 aliphatic carbocycles. The lowest BCUT2D eigenvalue weighted by Gasteiger charge is -2.34. The molecule has 22 heavy (non-hydrogen) atoms. The van der Waals surface area contributed by atoms with E-state index in [4.69, 9.17) is 27.9 Å². The first-order chi connectivity index (χ1) is 10.2. The van der Waals surface area contributed by atoms with Crippen LogP contribution in [0.15, 0.2) is 17.1 Å². The van der Waals surface area contributed by atoms with Crippen LogP contribution in [-0.2, 0) is 4.74 Å². The van der Waals surface area contributed by atoms with Gasteiger partial charge in [-0.15, -0.1) is 0 Å². The summed E-state index contributed by atoms with van der Waals surface area (Å²) >= 11 is 11.9. The summed E-state index contributed by atoms with van der Waals surface area (Å²) < 4.78 is 6.92. The third-order valence-electron chi connectivity index (χ3n) is 3.48. The van der Waals surface area contributed by atoms with E-state index >= 15 is 0 Å². The highest BCUT2D eigenvalue weighted by atomic mass is 35.5. The Balaban J connectivity index is 2.04. The van der Waals surface area contributed by atoms with Crippen LogP contribution in [0.5, 0.6) is 0 Å². The summed E-state index contributed by atoms with van der Waals surface area (Å²) in [4.78, 5) is 25.8. The third kappa shape index (κ3) is 4.17. The molecule has 0 atom stereocenters. The number of carbonyl (C=O) groups excluding carboxylic acids is 1. The Morgan fingerprint density at radius 3 is 2.41 bits per heavy atom. The smallest absolute Gasteiger partial charge is 0.410 e. The minimum absolute atomic E-state index is 0.0117. The van der Waals surface area contributed by atoms with E-state index in [1.54, 1.807) is 15.7 Å². The Hall–Kier alpha value is -1.20. The van der Waals surface area contributed by atoms with Gasteiger partial charge in [0, 0.05) is 25.3 Å². The fourth-order valence-electron chi connectivity index (χ4n) is 2.46. The lowest BCUT2D eigenvalue weighted by Crippen LogP contribution is -2.43. The van der Waals surface area contributed by atoms with Gasteiger partial charge in [-0.1, -0.05) is 23.2 Å². The number of amides is 1. The molecule has 1 aliphatic rings. The van der Waals surface area contributed by atoms with E-state index in [0.29, 0.717) is 31.0 Å². The van der Waals surface area contributed by atoms with Crippen molar-refractivity contribution in [2.45, 2.75) is 45.3 Å². The number of ether oxygens (including phenoxy) is 1. The summed E-state index contributed by atoms with van der Waals surface area (Å²) in [6.45, 7) is 6.59. The molecule has 1 aliphatic heterocycles. The van der Waals surface area contributed by atoms with Crippen LogP contribution in [0.1, 0.15) is 39.7 Å². The molecule has 0 N–H and O–H groups in total. The van der Waals surface area contributed by atoms with Crippen LogP contribution in [0, 0.1) is 0 Å². The minimum atomic E-state index is -0.509. The second kappa shape index (κ2) is 6.50. The molecule has 0 bridgehead atoms. The van der Waals surface area contributed by atoms with Gasteiger partial charge in [0.15, 0.2) is 0 Å². The summed E-state index contributed by atoms with van der Waals surface area (Å²) in [5, 5.41) is 0.543. The van der Waals surface area contributed by atoms with Gasteiger partial charge < -0.3 is 14.2 Å². The quantitative estimate of drug-likeness (QED) is 0.778. The van der Waals surface area contributed by atoms with Crippen LogP contribution in [0.4, 0.5) is 4.79 Å². The number of nitrogens with zero attached hydrogens (tertiary/aromatic N) is 2. The molecule has 7 heteroatoms. The zero-order valence-electron chi connectivity index (χ0n) is 12.9. The van der Waals surface area contributed by atoms with Crippen molar-refractivity contribution >= 4 is 29.3 Å². The Morgan fingerprint density at radius 2 is 1.86 bits per heavy atom. The molecular formula is C15H20Cl2N2O3. The van der Waals surface area contributed by atoms with E-state index in [0.717, 1.165) is 0 Å². The largest absolute Gasteiger partial charge is 0.444 e. The van der Waals surface area contributed by atoms with E-state index in [2.05, 4.69) is 0 Å². The van der Waals surface area contributed by atoms with Crippen molar-refractivity contribution in [2.24, 2.45) is 0 Å². The number of pyridine rings is 1. The summed E-state index contributed by atoms with van der Waals surface area (Å²) in [5.41, 5.74) is -0.757. The summed E-state index contributed by atoms with van der Waals surface area (Å²) in [6.07, 6.45) is 2.61. The van der Waals surface area contributed by atoms with Crippen molar-refractivity contribution in [2.75, 3.05) is 13.1 Å². The molecule has 1 fully saturated rings. The maximum Gasteiger partial charge on any atom is 0.410 e. The Labute approximate surface area is 139 Å². The SMILES string of the molecule is CC(C)(C)OC(=O)N1CCC(n2cc(Cl)cc(Cl)c2=O)CC1. The minimum Gasteiger partial charge on any atom is -0.444 e. The highest BCUT2D eigenvalue weighted by Crippen LogP contribution is 2.24. The van der Waals surface area contributed by atoms with Crippen LogP contribution < -0.4 is 5.56 Å².